The summed E-state index contributed by atoms with van der Waals surface area (Å²) < 4.78 is 7.40. The summed E-state index contributed by atoms with van der Waals surface area (Å²) in [4.78, 5) is 29.5. The van der Waals surface area contributed by atoms with Gasteiger partial charge in [0.15, 0.2) is 5.75 Å². The van der Waals surface area contributed by atoms with Gasteiger partial charge in [0, 0.05) is 17.1 Å². The van der Waals surface area contributed by atoms with Crippen LogP contribution in [0.5, 0.6) is 5.75 Å². The van der Waals surface area contributed by atoms with E-state index in [9.17, 15) is 14.7 Å². The predicted octanol–water partition coefficient (Wildman–Crippen LogP) is 3.64. The predicted molar refractivity (Wildman–Crippen MR) is 110 cm³/mol. The summed E-state index contributed by atoms with van der Waals surface area (Å²) in [6.45, 7) is 4.48. The van der Waals surface area contributed by atoms with Gasteiger partial charge in [-0.05, 0) is 39.0 Å². The lowest BCUT2D eigenvalue weighted by Gasteiger charge is -2.22. The van der Waals surface area contributed by atoms with E-state index in [0.717, 1.165) is 4.47 Å². The number of pyridine rings is 1. The van der Waals surface area contributed by atoms with E-state index in [1.807, 2.05) is 0 Å². The molecule has 0 aliphatic carbocycles. The Bertz CT molecular complexity index is 946. The maximum Gasteiger partial charge on any atom is 0.436 e. The number of aliphatic hydroxyl groups is 1. The van der Waals surface area contributed by atoms with Crippen LogP contribution in [0.4, 0.5) is 16.2 Å². The van der Waals surface area contributed by atoms with Crippen molar-refractivity contribution in [3.63, 3.8) is 0 Å². The number of hydroxylamine groups is 1. The Balaban J connectivity index is 2.33. The van der Waals surface area contributed by atoms with Crippen LogP contribution in [0.15, 0.2) is 33.7 Å². The van der Waals surface area contributed by atoms with E-state index in [1.54, 1.807) is 46.0 Å². The fourth-order valence-corrected chi connectivity index (χ4v) is 2.87. The molecule has 1 aromatic heterocycles. The molecule has 10 heteroatoms. The standard InChI is InChI=1S/C18H21BrClN3O5/c1-10-15(21-13-6-5-11(19)7-12(13)20)14(8-23(4)16(10)25)27-17(26)22-28-18(2,3)9-24/h5-8,21,24H,9H2,1-4H3,(H,22,26). The third-order valence-corrected chi connectivity index (χ3v) is 4.56. The molecule has 1 amide bonds. The van der Waals surface area contributed by atoms with Crippen LogP contribution in [-0.2, 0) is 11.9 Å². The zero-order valence-electron chi connectivity index (χ0n) is 15.8. The first-order chi connectivity index (χ1) is 13.0. The minimum absolute atomic E-state index is 0.0986. The molecule has 8 nitrogen and oxygen atoms in total. The number of amides is 1. The molecule has 0 saturated heterocycles. The number of rotatable bonds is 6. The number of halogens is 2. The van der Waals surface area contributed by atoms with Crippen LogP contribution < -0.4 is 21.1 Å². The summed E-state index contributed by atoms with van der Waals surface area (Å²) in [5.41, 5.74) is 2.04. The monoisotopic (exact) mass is 473 g/mol. The number of aliphatic hydroxyl groups excluding tert-OH is 1. The first-order valence-electron chi connectivity index (χ1n) is 8.23. The average molecular weight is 475 g/mol. The van der Waals surface area contributed by atoms with Crippen LogP contribution in [-0.4, -0.2) is 28.0 Å². The second kappa shape index (κ2) is 8.95. The molecule has 0 aliphatic heterocycles. The number of hydrogen-bond acceptors (Lipinski definition) is 6. The van der Waals surface area contributed by atoms with Gasteiger partial charge in [-0.25, -0.2) is 4.79 Å². The molecule has 0 unspecified atom stereocenters. The normalized spacial score (nSPS) is 11.2. The molecule has 1 aromatic carbocycles. The highest BCUT2D eigenvalue weighted by molar-refractivity contribution is 9.10. The van der Waals surface area contributed by atoms with Gasteiger partial charge < -0.3 is 19.7 Å². The van der Waals surface area contributed by atoms with Crippen molar-refractivity contribution in [1.29, 1.82) is 0 Å². The molecule has 2 rings (SSSR count). The molecule has 0 spiro atoms. The zero-order chi connectivity index (χ0) is 21.1. The average Bonchev–Trinajstić information content (AvgIpc) is 2.63. The van der Waals surface area contributed by atoms with E-state index in [4.69, 9.17) is 21.2 Å². The quantitative estimate of drug-likeness (QED) is 0.553. The molecular formula is C18H21BrClN3O5. The van der Waals surface area contributed by atoms with Crippen LogP contribution in [0.3, 0.4) is 0 Å². The van der Waals surface area contributed by atoms with E-state index >= 15 is 0 Å². The van der Waals surface area contributed by atoms with Crippen LogP contribution in [0, 0.1) is 6.92 Å². The molecule has 28 heavy (non-hydrogen) atoms. The summed E-state index contributed by atoms with van der Waals surface area (Å²) in [6.07, 6.45) is 0.464. The number of nitrogens with zero attached hydrogens (tertiary/aromatic N) is 1. The number of aromatic nitrogens is 1. The Hall–Kier alpha value is -2.07. The SMILES string of the molecule is Cc1c(Nc2ccc(Br)cc2Cl)c(OC(=O)NOC(C)(C)CO)cn(C)c1=O. The Morgan fingerprint density at radius 2 is 2.07 bits per heavy atom. The Labute approximate surface area is 175 Å². The van der Waals surface area contributed by atoms with E-state index in [-0.39, 0.29) is 17.9 Å². The fourth-order valence-electron chi connectivity index (χ4n) is 2.15. The molecular weight excluding hydrogens is 454 g/mol. The van der Waals surface area contributed by atoms with Crippen molar-refractivity contribution in [3.8, 4) is 5.75 Å². The maximum absolute atomic E-state index is 12.3. The van der Waals surface area contributed by atoms with E-state index in [2.05, 4.69) is 26.7 Å². The molecule has 3 N–H and O–H groups in total. The molecule has 0 aliphatic rings. The molecule has 0 fully saturated rings. The van der Waals surface area contributed by atoms with Gasteiger partial charge in [0.2, 0.25) is 0 Å². The van der Waals surface area contributed by atoms with Gasteiger partial charge in [-0.15, -0.1) is 0 Å². The van der Waals surface area contributed by atoms with Gasteiger partial charge in [-0.3, -0.25) is 9.63 Å². The third-order valence-electron chi connectivity index (χ3n) is 3.76. The van der Waals surface area contributed by atoms with E-state index in [0.29, 0.717) is 22.0 Å². The van der Waals surface area contributed by atoms with Gasteiger partial charge in [0.25, 0.3) is 5.56 Å². The van der Waals surface area contributed by atoms with E-state index < -0.39 is 11.7 Å². The summed E-state index contributed by atoms with van der Waals surface area (Å²) in [6, 6.07) is 5.20. The second-order valence-electron chi connectivity index (χ2n) is 6.67. The van der Waals surface area contributed by atoms with Crippen molar-refractivity contribution >= 4 is 45.0 Å². The summed E-state index contributed by atoms with van der Waals surface area (Å²) in [7, 11) is 1.54. The number of carbonyl (C=O) groups excluding carboxylic acids is 1. The first kappa shape index (κ1) is 22.2. The molecule has 0 saturated carbocycles. The molecule has 0 radical (unpaired) electrons. The number of anilines is 2. The van der Waals surface area contributed by atoms with Crippen LogP contribution >= 0.6 is 27.5 Å². The summed E-state index contributed by atoms with van der Waals surface area (Å²) >= 11 is 9.57. The summed E-state index contributed by atoms with van der Waals surface area (Å²) in [5, 5.41) is 12.6. The smallest absolute Gasteiger partial charge is 0.405 e. The van der Waals surface area contributed by atoms with Gasteiger partial charge in [-0.2, -0.15) is 5.48 Å². The number of nitrogens with one attached hydrogen (secondary N) is 2. The van der Waals surface area contributed by atoms with Gasteiger partial charge in [-0.1, -0.05) is 27.5 Å². The lowest BCUT2D eigenvalue weighted by molar-refractivity contribution is -0.0973. The zero-order valence-corrected chi connectivity index (χ0v) is 18.1. The van der Waals surface area contributed by atoms with Gasteiger partial charge in [0.05, 0.1) is 29.2 Å². The number of hydrogen-bond donors (Lipinski definition) is 3. The van der Waals surface area contributed by atoms with Crippen molar-refractivity contribution < 1.29 is 19.5 Å². The number of aryl methyl sites for hydroxylation is 1. The highest BCUT2D eigenvalue weighted by Gasteiger charge is 2.21. The Kier molecular flexibility index (Phi) is 7.11. The van der Waals surface area contributed by atoms with Crippen molar-refractivity contribution in [2.24, 2.45) is 7.05 Å². The topological polar surface area (TPSA) is 102 Å². The number of benzene rings is 1. The van der Waals surface area contributed by atoms with Crippen LogP contribution in [0.25, 0.3) is 0 Å². The van der Waals surface area contributed by atoms with Gasteiger partial charge >= 0.3 is 6.09 Å². The van der Waals surface area contributed by atoms with Gasteiger partial charge in [0.1, 0.15) is 5.60 Å². The Morgan fingerprint density at radius 1 is 1.39 bits per heavy atom. The molecule has 1 heterocycles. The second-order valence-corrected chi connectivity index (χ2v) is 7.99. The molecule has 2 aromatic rings. The van der Waals surface area contributed by atoms with Crippen molar-refractivity contribution in [3.05, 3.63) is 49.8 Å². The molecule has 0 bridgehead atoms. The van der Waals surface area contributed by atoms with Crippen LogP contribution in [0.1, 0.15) is 19.4 Å². The fraction of sp³-hybridized carbons (Fsp3) is 0.333. The van der Waals surface area contributed by atoms with Crippen LogP contribution in [0.2, 0.25) is 5.02 Å². The maximum atomic E-state index is 12.3. The summed E-state index contributed by atoms with van der Waals surface area (Å²) in [5.74, 6) is 0.0986. The van der Waals surface area contributed by atoms with Crippen molar-refractivity contribution in [2.75, 3.05) is 11.9 Å². The molecule has 0 atom stereocenters. The minimum atomic E-state index is -0.982. The Morgan fingerprint density at radius 3 is 2.68 bits per heavy atom. The number of ether oxygens (including phenoxy) is 1. The highest BCUT2D eigenvalue weighted by Crippen LogP contribution is 2.33. The number of carbonyl (C=O) groups is 1. The lowest BCUT2D eigenvalue weighted by Crippen LogP contribution is -2.39. The van der Waals surface area contributed by atoms with Crippen molar-refractivity contribution in [2.45, 2.75) is 26.4 Å². The van der Waals surface area contributed by atoms with E-state index in [1.165, 1.54) is 10.8 Å². The third kappa shape index (κ3) is 5.48. The molecule has 152 valence electrons. The van der Waals surface area contributed by atoms with Crippen molar-refractivity contribution in [1.82, 2.24) is 10.0 Å². The largest absolute Gasteiger partial charge is 0.436 e. The minimum Gasteiger partial charge on any atom is -0.405 e. The lowest BCUT2D eigenvalue weighted by atomic mass is 10.2. The first-order valence-corrected chi connectivity index (χ1v) is 9.40. The highest BCUT2D eigenvalue weighted by atomic mass is 79.9.